The zero-order valence-electron chi connectivity index (χ0n) is 11.6. The van der Waals surface area contributed by atoms with Gasteiger partial charge in [0.2, 0.25) is 0 Å². The second-order valence-corrected chi connectivity index (χ2v) is 6.34. The second kappa shape index (κ2) is 4.67. The molecule has 108 valence electrons. The van der Waals surface area contributed by atoms with Crippen LogP contribution in [0, 0.1) is 0 Å². The molecule has 1 saturated carbocycles. The van der Waals surface area contributed by atoms with Gasteiger partial charge >= 0.3 is 12.1 Å². The molecule has 1 heterocycles. The number of aliphatic carboxylic acids is 1. The Morgan fingerprint density at radius 1 is 1.37 bits per heavy atom. The first-order valence-corrected chi connectivity index (χ1v) is 6.59. The molecule has 0 unspecified atom stereocenters. The lowest BCUT2D eigenvalue weighted by Crippen LogP contribution is -2.62. The summed E-state index contributed by atoms with van der Waals surface area (Å²) in [5, 5.41) is 9.12. The Morgan fingerprint density at radius 3 is 2.42 bits per heavy atom. The molecule has 6 nitrogen and oxygen atoms in total. The molecule has 0 aromatic heterocycles. The Hall–Kier alpha value is -1.30. The van der Waals surface area contributed by atoms with Crippen molar-refractivity contribution < 1.29 is 24.2 Å². The number of hydrogen-bond acceptors (Lipinski definition) is 4. The molecule has 2 fully saturated rings. The summed E-state index contributed by atoms with van der Waals surface area (Å²) in [4.78, 5) is 24.7. The first-order valence-electron chi connectivity index (χ1n) is 6.59. The van der Waals surface area contributed by atoms with Crippen molar-refractivity contribution in [3.8, 4) is 0 Å². The molecule has 1 N–H and O–H groups in total. The minimum absolute atomic E-state index is 0.0476. The van der Waals surface area contributed by atoms with Crippen molar-refractivity contribution in [3.63, 3.8) is 0 Å². The van der Waals surface area contributed by atoms with Gasteiger partial charge in [-0.25, -0.2) is 9.59 Å². The number of carboxylic acids is 1. The maximum Gasteiger partial charge on any atom is 0.410 e. The Morgan fingerprint density at radius 2 is 2.00 bits per heavy atom. The molecule has 1 aliphatic heterocycles. The maximum atomic E-state index is 12.1. The van der Waals surface area contributed by atoms with Crippen molar-refractivity contribution in [2.24, 2.45) is 0 Å². The number of ether oxygens (including phenoxy) is 2. The van der Waals surface area contributed by atoms with Crippen LogP contribution in [0.4, 0.5) is 4.79 Å². The number of morpholine rings is 1. The lowest BCUT2D eigenvalue weighted by Gasteiger charge is -2.50. The number of nitrogens with zero attached hydrogens (tertiary/aromatic N) is 1. The highest BCUT2D eigenvalue weighted by atomic mass is 16.6. The van der Waals surface area contributed by atoms with Crippen LogP contribution in [0.5, 0.6) is 0 Å². The molecule has 1 aliphatic carbocycles. The van der Waals surface area contributed by atoms with E-state index in [-0.39, 0.29) is 6.54 Å². The van der Waals surface area contributed by atoms with Gasteiger partial charge in [0, 0.05) is 0 Å². The first kappa shape index (κ1) is 14.1. The van der Waals surface area contributed by atoms with Crippen LogP contribution >= 0.6 is 0 Å². The van der Waals surface area contributed by atoms with E-state index in [1.807, 2.05) is 0 Å². The van der Waals surface area contributed by atoms with E-state index < -0.39 is 29.4 Å². The predicted octanol–water partition coefficient (Wildman–Crippen LogP) is 1.63. The van der Waals surface area contributed by atoms with Gasteiger partial charge in [-0.2, -0.15) is 0 Å². The van der Waals surface area contributed by atoms with E-state index in [1.165, 1.54) is 4.90 Å². The maximum absolute atomic E-state index is 12.1. The number of carbonyl (C=O) groups is 2. The summed E-state index contributed by atoms with van der Waals surface area (Å²) in [6.45, 7) is 5.84. The number of carboxylic acid groups (broad SMARTS) is 1. The van der Waals surface area contributed by atoms with Crippen LogP contribution in [0.3, 0.4) is 0 Å². The lowest BCUT2D eigenvalue weighted by molar-refractivity contribution is -0.202. The molecular weight excluding hydrogens is 250 g/mol. The standard InChI is InChI=1S/C13H21NO5/c1-12(2,3)19-11(17)14-7-9(10(15)16)18-13(8-14)5-4-6-13/h9H,4-8H2,1-3H3,(H,15,16)/t9-/m1/s1. The predicted molar refractivity (Wildman–Crippen MR) is 66.9 cm³/mol. The Balaban J connectivity index is 2.07. The average molecular weight is 271 g/mol. The molecule has 0 aromatic carbocycles. The number of carbonyl (C=O) groups excluding carboxylic acids is 1. The van der Waals surface area contributed by atoms with Gasteiger partial charge in [-0.05, 0) is 40.0 Å². The average Bonchev–Trinajstić information content (AvgIpc) is 2.24. The van der Waals surface area contributed by atoms with Crippen LogP contribution in [0.25, 0.3) is 0 Å². The first-order chi connectivity index (χ1) is 8.71. The number of amides is 1. The van der Waals surface area contributed by atoms with Gasteiger partial charge in [-0.1, -0.05) is 0 Å². The van der Waals surface area contributed by atoms with Crippen LogP contribution in [0.1, 0.15) is 40.0 Å². The van der Waals surface area contributed by atoms with E-state index in [4.69, 9.17) is 14.6 Å². The molecule has 1 atom stereocenters. The third kappa shape index (κ3) is 3.18. The number of rotatable bonds is 1. The summed E-state index contributed by atoms with van der Waals surface area (Å²) in [6, 6.07) is 0. The third-order valence-corrected chi connectivity index (χ3v) is 3.45. The van der Waals surface area contributed by atoms with Gasteiger partial charge in [-0.15, -0.1) is 0 Å². The zero-order chi connectivity index (χ0) is 14.3. The Labute approximate surface area is 112 Å². The van der Waals surface area contributed by atoms with Crippen LogP contribution in [0.15, 0.2) is 0 Å². The van der Waals surface area contributed by atoms with Crippen molar-refractivity contribution >= 4 is 12.1 Å². The van der Waals surface area contributed by atoms with Crippen molar-refractivity contribution in [3.05, 3.63) is 0 Å². The molecule has 1 saturated heterocycles. The summed E-state index contributed by atoms with van der Waals surface area (Å²) < 4.78 is 10.9. The summed E-state index contributed by atoms with van der Waals surface area (Å²) in [5.41, 5.74) is -1.06. The van der Waals surface area contributed by atoms with Gasteiger partial charge in [0.15, 0.2) is 6.10 Å². The van der Waals surface area contributed by atoms with Crippen molar-refractivity contribution in [1.82, 2.24) is 4.90 Å². The Bertz CT molecular complexity index is 383. The van der Waals surface area contributed by atoms with Crippen LogP contribution < -0.4 is 0 Å². The SMILES string of the molecule is CC(C)(C)OC(=O)N1C[C@H](C(=O)O)OC2(CCC2)C1. The number of hydrogen-bond donors (Lipinski definition) is 1. The fourth-order valence-electron chi connectivity index (χ4n) is 2.43. The van der Waals surface area contributed by atoms with Crippen LogP contribution in [-0.2, 0) is 14.3 Å². The molecule has 1 amide bonds. The fraction of sp³-hybridized carbons (Fsp3) is 0.846. The topological polar surface area (TPSA) is 76.1 Å². The Kier molecular flexibility index (Phi) is 3.47. The molecule has 2 aliphatic rings. The summed E-state index contributed by atoms with van der Waals surface area (Å²) >= 11 is 0. The van der Waals surface area contributed by atoms with Crippen LogP contribution in [-0.4, -0.2) is 52.5 Å². The minimum Gasteiger partial charge on any atom is -0.479 e. The van der Waals surface area contributed by atoms with Crippen molar-refractivity contribution in [1.29, 1.82) is 0 Å². The molecule has 1 spiro atoms. The van der Waals surface area contributed by atoms with Gasteiger partial charge in [0.1, 0.15) is 5.60 Å². The molecule has 0 aromatic rings. The van der Waals surface area contributed by atoms with Crippen molar-refractivity contribution in [2.45, 2.75) is 57.3 Å². The highest BCUT2D eigenvalue weighted by Gasteiger charge is 2.48. The van der Waals surface area contributed by atoms with Gasteiger partial charge in [0.25, 0.3) is 0 Å². The van der Waals surface area contributed by atoms with E-state index in [0.29, 0.717) is 6.54 Å². The van der Waals surface area contributed by atoms with E-state index in [9.17, 15) is 9.59 Å². The summed E-state index contributed by atoms with van der Waals surface area (Å²) in [7, 11) is 0. The highest BCUT2D eigenvalue weighted by molar-refractivity contribution is 5.75. The largest absolute Gasteiger partial charge is 0.479 e. The molecule has 0 bridgehead atoms. The van der Waals surface area contributed by atoms with E-state index in [2.05, 4.69) is 0 Å². The van der Waals surface area contributed by atoms with Gasteiger partial charge in [0.05, 0.1) is 18.7 Å². The second-order valence-electron chi connectivity index (χ2n) is 6.34. The highest BCUT2D eigenvalue weighted by Crippen LogP contribution is 2.40. The summed E-state index contributed by atoms with van der Waals surface area (Å²) in [5.74, 6) is -1.03. The van der Waals surface area contributed by atoms with E-state index >= 15 is 0 Å². The van der Waals surface area contributed by atoms with Gasteiger partial charge in [-0.3, -0.25) is 0 Å². The quantitative estimate of drug-likeness (QED) is 0.784. The molecule has 19 heavy (non-hydrogen) atoms. The van der Waals surface area contributed by atoms with Gasteiger partial charge < -0.3 is 19.5 Å². The minimum atomic E-state index is -1.03. The summed E-state index contributed by atoms with van der Waals surface area (Å²) in [6.07, 6.45) is 1.19. The van der Waals surface area contributed by atoms with E-state index in [0.717, 1.165) is 19.3 Å². The van der Waals surface area contributed by atoms with Crippen LogP contribution in [0.2, 0.25) is 0 Å². The monoisotopic (exact) mass is 271 g/mol. The fourth-order valence-corrected chi connectivity index (χ4v) is 2.43. The van der Waals surface area contributed by atoms with Crippen molar-refractivity contribution in [2.75, 3.05) is 13.1 Å². The molecular formula is C13H21NO5. The van der Waals surface area contributed by atoms with E-state index in [1.54, 1.807) is 20.8 Å². The normalized spacial score (nSPS) is 25.8. The zero-order valence-corrected chi connectivity index (χ0v) is 11.6. The lowest BCUT2D eigenvalue weighted by atomic mass is 9.78. The smallest absolute Gasteiger partial charge is 0.410 e. The molecule has 0 radical (unpaired) electrons. The molecule has 2 rings (SSSR count). The molecule has 6 heteroatoms. The third-order valence-electron chi connectivity index (χ3n) is 3.45.